The molecular weight excluding hydrogens is 208 g/mol. The van der Waals surface area contributed by atoms with Gasteiger partial charge in [-0.1, -0.05) is 25.1 Å². The van der Waals surface area contributed by atoms with Crippen LogP contribution in [0.3, 0.4) is 0 Å². The minimum Gasteiger partial charge on any atom is -0.311 e. The molecule has 1 rings (SSSR count). The van der Waals surface area contributed by atoms with Gasteiger partial charge in [-0.3, -0.25) is 0 Å². The highest BCUT2D eigenvalue weighted by molar-refractivity contribution is 5.31. The summed E-state index contributed by atoms with van der Waals surface area (Å²) in [7, 11) is 1.82. The first-order valence-electron chi connectivity index (χ1n) is 5.51. The Morgan fingerprint density at radius 2 is 1.75 bits per heavy atom. The summed E-state index contributed by atoms with van der Waals surface area (Å²) in [6.07, 6.45) is -0.170. The fraction of sp³-hybridized carbons (Fsp3) is 0.538. The second-order valence-electron chi connectivity index (χ2n) is 4.51. The molecule has 0 bridgehead atoms. The molecule has 0 spiro atoms. The Balaban J connectivity index is 3.14. The van der Waals surface area contributed by atoms with Crippen LogP contribution in [0.2, 0.25) is 0 Å². The number of rotatable bonds is 4. The minimum atomic E-state index is -2.74. The van der Waals surface area contributed by atoms with Crippen LogP contribution in [0, 0.1) is 0 Å². The van der Waals surface area contributed by atoms with Crippen molar-refractivity contribution < 1.29 is 8.78 Å². The molecule has 1 aromatic carbocycles. The molecule has 90 valence electrons. The summed E-state index contributed by atoms with van der Waals surface area (Å²) in [6.45, 7) is 5.43. The summed E-state index contributed by atoms with van der Waals surface area (Å²) in [5, 5.41) is 3.11. The van der Waals surface area contributed by atoms with Crippen molar-refractivity contribution >= 4 is 0 Å². The minimum absolute atomic E-state index is 0.0934. The van der Waals surface area contributed by atoms with Gasteiger partial charge in [0.2, 0.25) is 0 Å². The van der Waals surface area contributed by atoms with E-state index in [1.165, 1.54) is 13.0 Å². The molecule has 0 heterocycles. The van der Waals surface area contributed by atoms with Crippen molar-refractivity contribution in [1.29, 1.82) is 0 Å². The molecule has 1 aromatic rings. The molecule has 0 amide bonds. The Kier molecular flexibility index (Phi) is 3.68. The van der Waals surface area contributed by atoms with Crippen molar-refractivity contribution in [3.63, 3.8) is 0 Å². The fourth-order valence-electron chi connectivity index (χ4n) is 1.48. The number of nitrogens with one attached hydrogen (secondary N) is 1. The largest absolute Gasteiger partial charge is 0.311 e. The van der Waals surface area contributed by atoms with E-state index < -0.39 is 5.92 Å². The van der Waals surface area contributed by atoms with Gasteiger partial charge in [0.05, 0.1) is 0 Å². The van der Waals surface area contributed by atoms with Crippen molar-refractivity contribution in [1.82, 2.24) is 5.32 Å². The lowest BCUT2D eigenvalue weighted by molar-refractivity contribution is -0.00842. The van der Waals surface area contributed by atoms with Gasteiger partial charge in [0, 0.05) is 17.5 Å². The highest BCUT2D eigenvalue weighted by Crippen LogP contribution is 2.33. The molecule has 0 aliphatic heterocycles. The first-order valence-corrected chi connectivity index (χ1v) is 5.51. The van der Waals surface area contributed by atoms with Gasteiger partial charge < -0.3 is 5.32 Å². The van der Waals surface area contributed by atoms with E-state index in [1.54, 1.807) is 12.1 Å². The third-order valence-electron chi connectivity index (χ3n) is 3.08. The maximum absolute atomic E-state index is 13.5. The molecule has 1 nitrogen and oxygen atoms in total. The summed E-state index contributed by atoms with van der Waals surface area (Å²) < 4.78 is 27.1. The van der Waals surface area contributed by atoms with Crippen LogP contribution in [-0.2, 0) is 11.5 Å². The van der Waals surface area contributed by atoms with Crippen LogP contribution in [0.4, 0.5) is 8.78 Å². The molecule has 0 aliphatic carbocycles. The van der Waals surface area contributed by atoms with E-state index in [4.69, 9.17) is 0 Å². The Labute approximate surface area is 95.9 Å². The van der Waals surface area contributed by atoms with E-state index in [1.807, 2.05) is 27.0 Å². The second kappa shape index (κ2) is 4.50. The van der Waals surface area contributed by atoms with Crippen molar-refractivity contribution in [3.8, 4) is 0 Å². The van der Waals surface area contributed by atoms with Gasteiger partial charge >= 0.3 is 0 Å². The molecule has 0 aliphatic rings. The van der Waals surface area contributed by atoms with Crippen molar-refractivity contribution in [2.75, 3.05) is 7.05 Å². The fourth-order valence-corrected chi connectivity index (χ4v) is 1.48. The maximum atomic E-state index is 13.5. The lowest BCUT2D eigenvalue weighted by atomic mass is 9.91. The zero-order chi connectivity index (χ0) is 12.4. The van der Waals surface area contributed by atoms with Gasteiger partial charge in [0.25, 0.3) is 5.92 Å². The van der Waals surface area contributed by atoms with Gasteiger partial charge in [-0.25, -0.2) is 8.78 Å². The van der Waals surface area contributed by atoms with Crippen molar-refractivity contribution in [2.45, 2.75) is 38.7 Å². The summed E-state index contributed by atoms with van der Waals surface area (Å²) in [6, 6.07) is 6.62. The standard InChI is InChI=1S/C13H19F2N/c1-5-13(14,15)11-8-6-7-10(9-11)12(2,3)16-4/h6-9,16H,5H2,1-4H3. The van der Waals surface area contributed by atoms with Gasteiger partial charge in [0.15, 0.2) is 0 Å². The molecule has 0 aromatic heterocycles. The molecule has 0 atom stereocenters. The van der Waals surface area contributed by atoms with Gasteiger partial charge in [-0.15, -0.1) is 0 Å². The molecule has 16 heavy (non-hydrogen) atoms. The summed E-state index contributed by atoms with van der Waals surface area (Å²) in [5.41, 5.74) is 0.677. The lowest BCUT2D eigenvalue weighted by Gasteiger charge is -2.26. The SMILES string of the molecule is CCC(F)(F)c1cccc(C(C)(C)NC)c1. The predicted octanol–water partition coefficient (Wildman–Crippen LogP) is 3.64. The third kappa shape index (κ3) is 2.59. The summed E-state index contributed by atoms with van der Waals surface area (Å²) >= 11 is 0. The zero-order valence-corrected chi connectivity index (χ0v) is 10.3. The first-order chi connectivity index (χ1) is 7.33. The topological polar surface area (TPSA) is 12.0 Å². The molecular formula is C13H19F2N. The van der Waals surface area contributed by atoms with Gasteiger partial charge in [0.1, 0.15) is 0 Å². The van der Waals surface area contributed by atoms with Crippen molar-refractivity contribution in [3.05, 3.63) is 35.4 Å². The molecule has 0 radical (unpaired) electrons. The third-order valence-corrected chi connectivity index (χ3v) is 3.08. The van der Waals surface area contributed by atoms with Crippen LogP contribution in [0.15, 0.2) is 24.3 Å². The van der Waals surface area contributed by atoms with Crippen LogP contribution in [0.1, 0.15) is 38.3 Å². The molecule has 0 unspecified atom stereocenters. The average Bonchev–Trinajstić information content (AvgIpc) is 2.29. The van der Waals surface area contributed by atoms with E-state index in [2.05, 4.69) is 5.32 Å². The van der Waals surface area contributed by atoms with Crippen LogP contribution in [-0.4, -0.2) is 7.05 Å². The molecule has 0 saturated heterocycles. The summed E-state index contributed by atoms with van der Waals surface area (Å²) in [5.74, 6) is -2.74. The van der Waals surface area contributed by atoms with Crippen LogP contribution < -0.4 is 5.32 Å². The number of halogens is 2. The molecule has 0 fully saturated rings. The molecule has 3 heteroatoms. The number of hydrogen-bond acceptors (Lipinski definition) is 1. The smallest absolute Gasteiger partial charge is 0.273 e. The highest BCUT2D eigenvalue weighted by Gasteiger charge is 2.30. The Bertz CT molecular complexity index is 327. The number of alkyl halides is 2. The normalized spacial score (nSPS) is 12.9. The quantitative estimate of drug-likeness (QED) is 0.828. The van der Waals surface area contributed by atoms with E-state index in [0.29, 0.717) is 0 Å². The Morgan fingerprint density at radius 1 is 1.19 bits per heavy atom. The first kappa shape index (κ1) is 13.1. The molecule has 0 saturated carbocycles. The van der Waals surface area contributed by atoms with Crippen LogP contribution in [0.25, 0.3) is 0 Å². The zero-order valence-electron chi connectivity index (χ0n) is 10.3. The molecule has 1 N–H and O–H groups in total. The second-order valence-corrected chi connectivity index (χ2v) is 4.51. The Morgan fingerprint density at radius 3 is 2.25 bits per heavy atom. The van der Waals surface area contributed by atoms with E-state index >= 15 is 0 Å². The van der Waals surface area contributed by atoms with Crippen molar-refractivity contribution in [2.24, 2.45) is 0 Å². The average molecular weight is 227 g/mol. The maximum Gasteiger partial charge on any atom is 0.273 e. The highest BCUT2D eigenvalue weighted by atomic mass is 19.3. The monoisotopic (exact) mass is 227 g/mol. The predicted molar refractivity (Wildman–Crippen MR) is 62.7 cm³/mol. The Hall–Kier alpha value is -0.960. The van der Waals surface area contributed by atoms with Crippen LogP contribution in [0.5, 0.6) is 0 Å². The van der Waals surface area contributed by atoms with E-state index in [0.717, 1.165) is 5.56 Å². The number of benzene rings is 1. The van der Waals surface area contributed by atoms with Gasteiger partial charge in [-0.05, 0) is 32.5 Å². The van der Waals surface area contributed by atoms with Crippen LogP contribution >= 0.6 is 0 Å². The number of hydrogen-bond donors (Lipinski definition) is 1. The van der Waals surface area contributed by atoms with E-state index in [-0.39, 0.29) is 17.5 Å². The van der Waals surface area contributed by atoms with E-state index in [9.17, 15) is 8.78 Å². The lowest BCUT2D eigenvalue weighted by Crippen LogP contribution is -2.33. The summed E-state index contributed by atoms with van der Waals surface area (Å²) in [4.78, 5) is 0. The van der Waals surface area contributed by atoms with Gasteiger partial charge in [-0.2, -0.15) is 0 Å².